The van der Waals surface area contributed by atoms with E-state index >= 15 is 0 Å². The van der Waals surface area contributed by atoms with Crippen molar-refractivity contribution in [1.29, 1.82) is 0 Å². The number of hydrogen-bond donors (Lipinski definition) is 1. The van der Waals surface area contributed by atoms with E-state index in [9.17, 15) is 0 Å². The minimum atomic E-state index is 0.296. The number of benzene rings is 1. The van der Waals surface area contributed by atoms with Crippen molar-refractivity contribution in [2.24, 2.45) is 0 Å². The highest BCUT2D eigenvalue weighted by molar-refractivity contribution is 7.19. The van der Waals surface area contributed by atoms with Crippen molar-refractivity contribution in [3.05, 3.63) is 52.2 Å². The molecule has 1 aliphatic heterocycles. The number of fused-ring (bicyclic) bond motifs is 3. The van der Waals surface area contributed by atoms with E-state index in [1.807, 2.05) is 11.3 Å². The monoisotopic (exact) mass is 436 g/mol. The first kappa shape index (κ1) is 20.9. The van der Waals surface area contributed by atoms with Crippen molar-refractivity contribution >= 4 is 27.4 Å². The second-order valence-electron chi connectivity index (χ2n) is 8.98. The summed E-state index contributed by atoms with van der Waals surface area (Å²) in [5.74, 6) is 1.55. The Labute approximate surface area is 188 Å². The number of nitrogens with one attached hydrogen (secondary N) is 1. The fraction of sp³-hybridized carbons (Fsp3) is 0.520. The van der Waals surface area contributed by atoms with Crippen molar-refractivity contribution in [2.75, 3.05) is 38.2 Å². The van der Waals surface area contributed by atoms with E-state index in [1.54, 1.807) is 6.33 Å². The number of aryl methyl sites for hydroxylation is 2. The number of aromatic nitrogens is 2. The van der Waals surface area contributed by atoms with E-state index in [4.69, 9.17) is 4.74 Å². The smallest absolute Gasteiger partial charge is 0.138 e. The van der Waals surface area contributed by atoms with Gasteiger partial charge < -0.3 is 10.1 Å². The predicted octanol–water partition coefficient (Wildman–Crippen LogP) is 5.18. The third kappa shape index (κ3) is 4.34. The molecule has 3 heterocycles. The molecule has 164 valence electrons. The lowest BCUT2D eigenvalue weighted by Crippen LogP contribution is -2.41. The van der Waals surface area contributed by atoms with Gasteiger partial charge in [0.1, 0.15) is 17.0 Å². The maximum Gasteiger partial charge on any atom is 0.138 e. The Morgan fingerprint density at radius 3 is 2.55 bits per heavy atom. The van der Waals surface area contributed by atoms with E-state index in [-0.39, 0.29) is 0 Å². The van der Waals surface area contributed by atoms with Crippen LogP contribution in [0.1, 0.15) is 60.2 Å². The predicted molar refractivity (Wildman–Crippen MR) is 128 cm³/mol. The highest BCUT2D eigenvalue weighted by Gasteiger charge is 2.24. The van der Waals surface area contributed by atoms with Gasteiger partial charge >= 0.3 is 0 Å². The number of rotatable bonds is 6. The van der Waals surface area contributed by atoms with Crippen LogP contribution in [-0.4, -0.2) is 47.7 Å². The standard InChI is InChI=1S/C25H32N4OS/c1-17(2)18-7-9-19(10-8-18)21(29-11-13-30-14-12-29)15-26-24-23-20-5-3-4-6-22(20)31-25(23)28-16-27-24/h7-10,16-17,21H,3-6,11-15H2,1-2H3,(H,26,27,28). The summed E-state index contributed by atoms with van der Waals surface area (Å²) in [5.41, 5.74) is 4.23. The van der Waals surface area contributed by atoms with Crippen molar-refractivity contribution in [2.45, 2.75) is 51.5 Å². The van der Waals surface area contributed by atoms with Crippen LogP contribution in [0.4, 0.5) is 5.82 Å². The van der Waals surface area contributed by atoms with Gasteiger partial charge in [-0.25, -0.2) is 9.97 Å². The van der Waals surface area contributed by atoms with Crippen LogP contribution in [0.3, 0.4) is 0 Å². The lowest BCUT2D eigenvalue weighted by Gasteiger charge is -2.35. The largest absolute Gasteiger partial charge is 0.379 e. The average molecular weight is 437 g/mol. The summed E-state index contributed by atoms with van der Waals surface area (Å²) >= 11 is 1.86. The van der Waals surface area contributed by atoms with E-state index in [0.717, 1.165) is 49.9 Å². The van der Waals surface area contributed by atoms with Crippen LogP contribution >= 0.6 is 11.3 Å². The van der Waals surface area contributed by atoms with Crippen LogP contribution in [0, 0.1) is 0 Å². The molecule has 0 spiro atoms. The molecule has 1 aliphatic carbocycles. The summed E-state index contributed by atoms with van der Waals surface area (Å²) in [6.07, 6.45) is 6.62. The summed E-state index contributed by atoms with van der Waals surface area (Å²) in [5, 5.41) is 4.99. The molecule has 0 radical (unpaired) electrons. The number of nitrogens with zero attached hydrogens (tertiary/aromatic N) is 3. The van der Waals surface area contributed by atoms with Gasteiger partial charge in [0.25, 0.3) is 0 Å². The Morgan fingerprint density at radius 1 is 1.03 bits per heavy atom. The van der Waals surface area contributed by atoms with Gasteiger partial charge in [-0.2, -0.15) is 0 Å². The number of hydrogen-bond acceptors (Lipinski definition) is 6. The van der Waals surface area contributed by atoms with Gasteiger partial charge in [-0.15, -0.1) is 11.3 Å². The fourth-order valence-corrected chi connectivity index (χ4v) is 6.10. The molecular weight excluding hydrogens is 404 g/mol. The van der Waals surface area contributed by atoms with E-state index in [2.05, 4.69) is 58.3 Å². The number of thiophene rings is 1. The molecule has 5 nitrogen and oxygen atoms in total. The summed E-state index contributed by atoms with van der Waals surface area (Å²) in [6.45, 7) is 8.86. The SMILES string of the molecule is CC(C)c1ccc(C(CNc2ncnc3sc4c(c23)CCCC4)N2CCOCC2)cc1. The van der Waals surface area contributed by atoms with Crippen molar-refractivity contribution < 1.29 is 4.74 Å². The summed E-state index contributed by atoms with van der Waals surface area (Å²) < 4.78 is 5.63. The van der Waals surface area contributed by atoms with Gasteiger partial charge in [0.15, 0.2) is 0 Å². The molecule has 1 N–H and O–H groups in total. The molecule has 1 aromatic carbocycles. The number of morpholine rings is 1. The second-order valence-corrected chi connectivity index (χ2v) is 10.1. The maximum absolute atomic E-state index is 5.63. The van der Waals surface area contributed by atoms with Crippen molar-refractivity contribution in [1.82, 2.24) is 14.9 Å². The first-order chi connectivity index (χ1) is 15.2. The Morgan fingerprint density at radius 2 is 1.77 bits per heavy atom. The van der Waals surface area contributed by atoms with Crippen LogP contribution in [0.5, 0.6) is 0 Å². The van der Waals surface area contributed by atoms with Crippen molar-refractivity contribution in [3.63, 3.8) is 0 Å². The molecule has 6 heteroatoms. The number of ether oxygens (including phenoxy) is 1. The third-order valence-corrected chi connectivity index (χ3v) is 7.89. The Kier molecular flexibility index (Phi) is 6.21. The van der Waals surface area contributed by atoms with E-state index < -0.39 is 0 Å². The van der Waals surface area contributed by atoms with Gasteiger partial charge in [0.05, 0.1) is 24.6 Å². The molecular formula is C25H32N4OS. The zero-order chi connectivity index (χ0) is 21.2. The zero-order valence-corrected chi connectivity index (χ0v) is 19.4. The van der Waals surface area contributed by atoms with Crippen LogP contribution in [0.15, 0.2) is 30.6 Å². The minimum Gasteiger partial charge on any atom is -0.379 e. The van der Waals surface area contributed by atoms with Crippen LogP contribution in [0.2, 0.25) is 0 Å². The van der Waals surface area contributed by atoms with Crippen molar-refractivity contribution in [3.8, 4) is 0 Å². The third-order valence-electron chi connectivity index (χ3n) is 6.69. The van der Waals surface area contributed by atoms with E-state index in [0.29, 0.717) is 12.0 Å². The molecule has 3 aromatic rings. The molecule has 31 heavy (non-hydrogen) atoms. The quantitative estimate of drug-likeness (QED) is 0.577. The average Bonchev–Trinajstić information content (AvgIpc) is 3.20. The molecule has 5 rings (SSSR count). The second kappa shape index (κ2) is 9.23. The summed E-state index contributed by atoms with van der Waals surface area (Å²) in [6, 6.07) is 9.47. The highest BCUT2D eigenvalue weighted by Crippen LogP contribution is 2.38. The van der Waals surface area contributed by atoms with Gasteiger partial charge in [-0.3, -0.25) is 4.90 Å². The maximum atomic E-state index is 5.63. The normalized spacial score (nSPS) is 18.3. The summed E-state index contributed by atoms with van der Waals surface area (Å²) in [4.78, 5) is 14.5. The molecule has 2 aliphatic rings. The van der Waals surface area contributed by atoms with Crippen LogP contribution in [-0.2, 0) is 17.6 Å². The van der Waals surface area contributed by atoms with Gasteiger partial charge in [0, 0.05) is 24.5 Å². The Hall–Kier alpha value is -2.02. The molecule has 0 amide bonds. The molecule has 1 atom stereocenters. The fourth-order valence-electron chi connectivity index (χ4n) is 4.87. The molecule has 0 bridgehead atoms. The van der Waals surface area contributed by atoms with Crippen LogP contribution in [0.25, 0.3) is 10.2 Å². The molecule has 2 aromatic heterocycles. The molecule has 1 unspecified atom stereocenters. The van der Waals surface area contributed by atoms with Gasteiger partial charge in [-0.1, -0.05) is 38.1 Å². The van der Waals surface area contributed by atoms with Gasteiger partial charge in [-0.05, 0) is 48.3 Å². The summed E-state index contributed by atoms with van der Waals surface area (Å²) in [7, 11) is 0. The molecule has 1 saturated heterocycles. The number of anilines is 1. The zero-order valence-electron chi connectivity index (χ0n) is 18.6. The first-order valence-corrected chi connectivity index (χ1v) is 12.4. The van der Waals surface area contributed by atoms with E-state index in [1.165, 1.54) is 46.2 Å². The highest BCUT2D eigenvalue weighted by atomic mass is 32.1. The van der Waals surface area contributed by atoms with Crippen LogP contribution < -0.4 is 5.32 Å². The topological polar surface area (TPSA) is 50.3 Å². The molecule has 0 saturated carbocycles. The lowest BCUT2D eigenvalue weighted by atomic mass is 9.96. The Balaban J connectivity index is 1.43. The lowest BCUT2D eigenvalue weighted by molar-refractivity contribution is 0.0187. The minimum absolute atomic E-state index is 0.296. The molecule has 1 fully saturated rings. The Bertz CT molecular complexity index is 1020. The first-order valence-electron chi connectivity index (χ1n) is 11.6. The van der Waals surface area contributed by atoms with Gasteiger partial charge in [0.2, 0.25) is 0 Å².